The van der Waals surface area contributed by atoms with Crippen LogP contribution in [0, 0.1) is 0 Å². The van der Waals surface area contributed by atoms with E-state index in [0.717, 1.165) is 11.1 Å². The van der Waals surface area contributed by atoms with Gasteiger partial charge in [-0.15, -0.1) is 10.2 Å². The molecule has 1 heterocycles. The zero-order valence-electron chi connectivity index (χ0n) is 14.5. The van der Waals surface area contributed by atoms with Gasteiger partial charge in [0.2, 0.25) is 5.91 Å². The molecule has 0 bridgehead atoms. The number of hydrogen-bond acceptors (Lipinski definition) is 4. The van der Waals surface area contributed by atoms with E-state index in [2.05, 4.69) is 15.5 Å². The predicted octanol–water partition coefficient (Wildman–Crippen LogP) is 4.11. The molecule has 3 aromatic rings. The molecule has 2 aromatic carbocycles. The average Bonchev–Trinajstić information content (AvgIpc) is 3.01. The van der Waals surface area contributed by atoms with Gasteiger partial charge in [-0.3, -0.25) is 4.79 Å². The summed E-state index contributed by atoms with van der Waals surface area (Å²) >= 11 is 7.58. The molecule has 1 aromatic heterocycles. The Morgan fingerprint density at radius 2 is 1.85 bits per heavy atom. The molecule has 0 saturated carbocycles. The van der Waals surface area contributed by atoms with E-state index < -0.39 is 0 Å². The van der Waals surface area contributed by atoms with E-state index >= 15 is 0 Å². The molecule has 1 atom stereocenters. The number of nitrogens with one attached hydrogen (secondary N) is 1. The molecule has 0 aliphatic heterocycles. The van der Waals surface area contributed by atoms with E-state index in [1.54, 1.807) is 0 Å². The minimum absolute atomic E-state index is 0.0394. The fourth-order valence-electron chi connectivity index (χ4n) is 2.56. The number of nitrogens with zero attached hydrogens (tertiary/aromatic N) is 3. The molecule has 0 saturated heterocycles. The summed E-state index contributed by atoms with van der Waals surface area (Å²) < 4.78 is 1.85. The highest BCUT2D eigenvalue weighted by Crippen LogP contribution is 2.28. The van der Waals surface area contributed by atoms with Gasteiger partial charge >= 0.3 is 0 Å². The molecule has 5 nitrogen and oxygen atoms in total. The van der Waals surface area contributed by atoms with Crippen molar-refractivity contribution in [2.24, 2.45) is 7.05 Å². The Balaban J connectivity index is 1.62. The third-order valence-electron chi connectivity index (χ3n) is 3.96. The first-order valence-electron chi connectivity index (χ1n) is 8.17. The van der Waals surface area contributed by atoms with Crippen molar-refractivity contribution in [2.45, 2.75) is 18.1 Å². The van der Waals surface area contributed by atoms with Crippen molar-refractivity contribution >= 4 is 29.3 Å². The van der Waals surface area contributed by atoms with E-state index in [0.29, 0.717) is 16.0 Å². The van der Waals surface area contributed by atoms with Crippen LogP contribution in [-0.4, -0.2) is 26.4 Å². The minimum Gasteiger partial charge on any atom is -0.349 e. The molecule has 0 fully saturated rings. The molecule has 0 spiro atoms. The summed E-state index contributed by atoms with van der Waals surface area (Å²) in [7, 11) is 1.87. The zero-order valence-corrected chi connectivity index (χ0v) is 16.1. The van der Waals surface area contributed by atoms with Crippen molar-refractivity contribution in [3.63, 3.8) is 0 Å². The van der Waals surface area contributed by atoms with E-state index in [1.807, 2.05) is 73.1 Å². The molecule has 0 aliphatic rings. The number of carbonyl (C=O) groups is 1. The van der Waals surface area contributed by atoms with Crippen molar-refractivity contribution in [1.29, 1.82) is 0 Å². The first-order chi connectivity index (χ1) is 12.6. The Hall–Kier alpha value is -2.31. The monoisotopic (exact) mass is 386 g/mol. The maximum atomic E-state index is 12.2. The second-order valence-corrected chi connectivity index (χ2v) is 7.18. The molecular formula is C19H19ClN4OS. The summed E-state index contributed by atoms with van der Waals surface area (Å²) in [5, 5.41) is 12.7. The Kier molecular flexibility index (Phi) is 5.96. The average molecular weight is 387 g/mol. The minimum atomic E-state index is -0.0475. The second-order valence-electron chi connectivity index (χ2n) is 5.83. The Labute approximate surface area is 161 Å². The van der Waals surface area contributed by atoms with Gasteiger partial charge in [0, 0.05) is 12.6 Å². The lowest BCUT2D eigenvalue weighted by molar-refractivity contribution is -0.119. The molecule has 3 rings (SSSR count). The summed E-state index contributed by atoms with van der Waals surface area (Å²) in [4.78, 5) is 12.2. The van der Waals surface area contributed by atoms with Gasteiger partial charge < -0.3 is 9.88 Å². The Morgan fingerprint density at radius 1 is 1.15 bits per heavy atom. The maximum absolute atomic E-state index is 12.2. The van der Waals surface area contributed by atoms with Crippen LogP contribution < -0.4 is 5.32 Å². The molecular weight excluding hydrogens is 368 g/mol. The number of halogens is 1. The molecule has 7 heteroatoms. The van der Waals surface area contributed by atoms with Crippen LogP contribution in [0.4, 0.5) is 0 Å². The molecule has 134 valence electrons. The van der Waals surface area contributed by atoms with E-state index in [-0.39, 0.29) is 17.7 Å². The highest BCUT2D eigenvalue weighted by atomic mass is 35.5. The smallest absolute Gasteiger partial charge is 0.230 e. The van der Waals surface area contributed by atoms with Gasteiger partial charge in [0.05, 0.1) is 16.8 Å². The fraction of sp³-hybridized carbons (Fsp3) is 0.211. The highest BCUT2D eigenvalue weighted by Gasteiger charge is 2.15. The molecule has 0 aliphatic carbocycles. The van der Waals surface area contributed by atoms with E-state index in [9.17, 15) is 4.79 Å². The lowest BCUT2D eigenvalue weighted by Gasteiger charge is -2.14. The van der Waals surface area contributed by atoms with Crippen LogP contribution >= 0.6 is 23.4 Å². The lowest BCUT2D eigenvalue weighted by Crippen LogP contribution is -2.28. The first kappa shape index (κ1) is 18.5. The zero-order chi connectivity index (χ0) is 18.5. The van der Waals surface area contributed by atoms with Crippen LogP contribution in [0.5, 0.6) is 0 Å². The highest BCUT2D eigenvalue weighted by molar-refractivity contribution is 7.99. The van der Waals surface area contributed by atoms with Crippen molar-refractivity contribution in [3.05, 3.63) is 65.2 Å². The SMILES string of the molecule is C[C@@H](NC(=O)CSc1nnc(-c2ccccc2Cl)n1C)c1ccccc1. The van der Waals surface area contributed by atoms with E-state index in [1.165, 1.54) is 11.8 Å². The van der Waals surface area contributed by atoms with Crippen molar-refractivity contribution in [2.75, 3.05) is 5.75 Å². The topological polar surface area (TPSA) is 59.8 Å². The van der Waals surface area contributed by atoms with Gasteiger partial charge in [-0.05, 0) is 24.6 Å². The number of rotatable bonds is 6. The summed E-state index contributed by atoms with van der Waals surface area (Å²) in [5.74, 6) is 0.899. The number of hydrogen-bond donors (Lipinski definition) is 1. The molecule has 1 N–H and O–H groups in total. The van der Waals surface area contributed by atoms with Gasteiger partial charge in [0.1, 0.15) is 0 Å². The van der Waals surface area contributed by atoms with E-state index in [4.69, 9.17) is 11.6 Å². The van der Waals surface area contributed by atoms with Crippen LogP contribution in [0.25, 0.3) is 11.4 Å². The quantitative estimate of drug-likeness (QED) is 0.648. The van der Waals surface area contributed by atoms with Crippen molar-refractivity contribution in [3.8, 4) is 11.4 Å². The molecule has 0 unspecified atom stereocenters. The number of benzene rings is 2. The van der Waals surface area contributed by atoms with Crippen LogP contribution in [0.2, 0.25) is 5.02 Å². The second kappa shape index (κ2) is 8.38. The Morgan fingerprint density at radius 3 is 2.58 bits per heavy atom. The summed E-state index contributed by atoms with van der Waals surface area (Å²) in [6, 6.07) is 17.3. The normalized spacial score (nSPS) is 12.0. The van der Waals surface area contributed by atoms with Gasteiger partial charge in [0.15, 0.2) is 11.0 Å². The predicted molar refractivity (Wildman–Crippen MR) is 105 cm³/mol. The molecule has 26 heavy (non-hydrogen) atoms. The van der Waals surface area contributed by atoms with Crippen molar-refractivity contribution < 1.29 is 4.79 Å². The van der Waals surface area contributed by atoms with Gasteiger partial charge in [0.25, 0.3) is 0 Å². The van der Waals surface area contributed by atoms with Crippen molar-refractivity contribution in [1.82, 2.24) is 20.1 Å². The fourth-order valence-corrected chi connectivity index (χ4v) is 3.50. The Bertz CT molecular complexity index is 898. The third kappa shape index (κ3) is 4.26. The standard InChI is InChI=1S/C19H19ClN4OS/c1-13(14-8-4-3-5-9-14)21-17(25)12-26-19-23-22-18(24(19)2)15-10-6-7-11-16(15)20/h3-11,13H,12H2,1-2H3,(H,21,25)/t13-/m1/s1. The van der Waals surface area contributed by atoms with Crippen LogP contribution in [0.3, 0.4) is 0 Å². The summed E-state index contributed by atoms with van der Waals surface area (Å²) in [5.41, 5.74) is 1.89. The van der Waals surface area contributed by atoms with Crippen LogP contribution in [-0.2, 0) is 11.8 Å². The molecule has 1 amide bonds. The first-order valence-corrected chi connectivity index (χ1v) is 9.54. The third-order valence-corrected chi connectivity index (χ3v) is 5.31. The number of amides is 1. The van der Waals surface area contributed by atoms with Gasteiger partial charge in [-0.2, -0.15) is 0 Å². The lowest BCUT2D eigenvalue weighted by atomic mass is 10.1. The number of aromatic nitrogens is 3. The largest absolute Gasteiger partial charge is 0.349 e. The summed E-state index contributed by atoms with van der Waals surface area (Å²) in [6.45, 7) is 1.97. The molecule has 0 radical (unpaired) electrons. The summed E-state index contributed by atoms with van der Waals surface area (Å²) in [6.07, 6.45) is 0. The van der Waals surface area contributed by atoms with Gasteiger partial charge in [-0.25, -0.2) is 0 Å². The number of thioether (sulfide) groups is 1. The number of carbonyl (C=O) groups excluding carboxylic acids is 1. The maximum Gasteiger partial charge on any atom is 0.230 e. The van der Waals surface area contributed by atoms with Crippen LogP contribution in [0.1, 0.15) is 18.5 Å². The van der Waals surface area contributed by atoms with Crippen LogP contribution in [0.15, 0.2) is 59.8 Å². The van der Waals surface area contributed by atoms with Gasteiger partial charge in [-0.1, -0.05) is 65.8 Å².